The number of carbonyl (C=O) groups excluding carboxylic acids is 1. The monoisotopic (exact) mass is 290 g/mol. The maximum absolute atomic E-state index is 11.9. The zero-order valence-corrected chi connectivity index (χ0v) is 12.9. The zero-order chi connectivity index (χ0) is 15.4. The van der Waals surface area contributed by atoms with E-state index in [0.29, 0.717) is 37.7 Å². The van der Waals surface area contributed by atoms with Crippen LogP contribution in [0.2, 0.25) is 0 Å². The Morgan fingerprint density at radius 1 is 1.19 bits per heavy atom. The van der Waals surface area contributed by atoms with Crippen molar-refractivity contribution in [2.24, 2.45) is 0 Å². The predicted octanol–water partition coefficient (Wildman–Crippen LogP) is 2.60. The Bertz CT molecular complexity index is 555. The van der Waals surface area contributed by atoms with Gasteiger partial charge in [-0.15, -0.1) is 0 Å². The smallest absolute Gasteiger partial charge is 0.227 e. The predicted molar refractivity (Wildman–Crippen MR) is 81.3 cm³/mol. The van der Waals surface area contributed by atoms with Gasteiger partial charge in [-0.05, 0) is 38.0 Å². The van der Waals surface area contributed by atoms with Gasteiger partial charge >= 0.3 is 0 Å². The van der Waals surface area contributed by atoms with Gasteiger partial charge in [0.15, 0.2) is 11.5 Å². The van der Waals surface area contributed by atoms with Crippen molar-refractivity contribution in [3.05, 3.63) is 23.3 Å². The van der Waals surface area contributed by atoms with Crippen LogP contribution in [-0.2, 0) is 11.2 Å². The second kappa shape index (κ2) is 6.61. The van der Waals surface area contributed by atoms with Crippen molar-refractivity contribution in [3.8, 4) is 11.5 Å². The van der Waals surface area contributed by atoms with Crippen LogP contribution in [0.3, 0.4) is 0 Å². The summed E-state index contributed by atoms with van der Waals surface area (Å²) in [5, 5.41) is 8.27. The number of hydrogen-bond acceptors (Lipinski definition) is 4. The van der Waals surface area contributed by atoms with Crippen molar-refractivity contribution in [3.63, 3.8) is 0 Å². The number of amidine groups is 1. The standard InChI is InChI=1S/C16H22N2O3/c1-4-15(19)18-8-7-11-9-13(20-5-2)14(21-6-3)10-12(11)16(18)17/h9-10,17H,4-8H2,1-3H3. The van der Waals surface area contributed by atoms with Crippen molar-refractivity contribution in [1.29, 1.82) is 5.41 Å². The molecule has 1 aromatic rings. The second-order valence-corrected chi connectivity index (χ2v) is 4.82. The number of nitrogens with zero attached hydrogens (tertiary/aromatic N) is 1. The summed E-state index contributed by atoms with van der Waals surface area (Å²) in [6.07, 6.45) is 1.14. The maximum Gasteiger partial charge on any atom is 0.227 e. The molecule has 0 bridgehead atoms. The summed E-state index contributed by atoms with van der Waals surface area (Å²) in [6, 6.07) is 3.76. The van der Waals surface area contributed by atoms with Crippen LogP contribution in [0.5, 0.6) is 11.5 Å². The molecule has 0 saturated heterocycles. The van der Waals surface area contributed by atoms with Crippen molar-refractivity contribution in [1.82, 2.24) is 4.90 Å². The minimum Gasteiger partial charge on any atom is -0.490 e. The lowest BCUT2D eigenvalue weighted by molar-refractivity contribution is -0.127. The van der Waals surface area contributed by atoms with Crippen molar-refractivity contribution in [2.75, 3.05) is 19.8 Å². The molecule has 5 heteroatoms. The Kier molecular flexibility index (Phi) is 4.83. The number of fused-ring (bicyclic) bond motifs is 1. The summed E-state index contributed by atoms with van der Waals surface area (Å²) in [5.74, 6) is 1.58. The van der Waals surface area contributed by atoms with E-state index in [1.54, 1.807) is 4.90 Å². The van der Waals surface area contributed by atoms with Gasteiger partial charge in [0.25, 0.3) is 0 Å². The number of nitrogens with one attached hydrogen (secondary N) is 1. The van der Waals surface area contributed by atoms with Gasteiger partial charge in [-0.1, -0.05) is 6.92 Å². The van der Waals surface area contributed by atoms with E-state index in [1.165, 1.54) is 0 Å². The number of carbonyl (C=O) groups is 1. The molecule has 114 valence electrons. The van der Waals surface area contributed by atoms with Crippen LogP contribution in [0.1, 0.15) is 38.3 Å². The molecule has 1 aromatic carbocycles. The Morgan fingerprint density at radius 2 is 1.81 bits per heavy atom. The van der Waals surface area contributed by atoms with E-state index in [4.69, 9.17) is 14.9 Å². The lowest BCUT2D eigenvalue weighted by Crippen LogP contribution is -2.41. The van der Waals surface area contributed by atoms with Gasteiger partial charge in [-0.25, -0.2) is 0 Å². The molecular formula is C16H22N2O3. The SMILES string of the molecule is CCOc1cc2c(cc1OCC)C(=N)N(C(=O)CC)CC2. The number of rotatable bonds is 5. The highest BCUT2D eigenvalue weighted by molar-refractivity contribution is 6.08. The molecule has 1 aliphatic heterocycles. The Hall–Kier alpha value is -2.04. The van der Waals surface area contributed by atoms with Gasteiger partial charge in [0.1, 0.15) is 5.84 Å². The number of amides is 1. The molecule has 2 rings (SSSR count). The fraction of sp³-hybridized carbons (Fsp3) is 0.500. The number of ether oxygens (including phenoxy) is 2. The van der Waals surface area contributed by atoms with Gasteiger partial charge in [0, 0.05) is 18.5 Å². The summed E-state index contributed by atoms with van der Waals surface area (Å²) in [7, 11) is 0. The second-order valence-electron chi connectivity index (χ2n) is 4.82. The summed E-state index contributed by atoms with van der Waals surface area (Å²) in [5.41, 5.74) is 1.79. The third-order valence-corrected chi connectivity index (χ3v) is 3.50. The Morgan fingerprint density at radius 3 is 2.38 bits per heavy atom. The number of benzene rings is 1. The van der Waals surface area contributed by atoms with Crippen LogP contribution in [0.25, 0.3) is 0 Å². The van der Waals surface area contributed by atoms with Crippen LogP contribution in [0, 0.1) is 5.41 Å². The molecule has 0 spiro atoms. The molecule has 0 aromatic heterocycles. The molecule has 0 fully saturated rings. The molecule has 0 aliphatic carbocycles. The largest absolute Gasteiger partial charge is 0.490 e. The Balaban J connectivity index is 2.40. The highest BCUT2D eigenvalue weighted by Crippen LogP contribution is 2.34. The average Bonchev–Trinajstić information content (AvgIpc) is 2.48. The van der Waals surface area contributed by atoms with Crippen molar-refractivity contribution >= 4 is 11.7 Å². The first-order chi connectivity index (χ1) is 10.1. The molecule has 21 heavy (non-hydrogen) atoms. The normalized spacial score (nSPS) is 13.9. The van der Waals surface area contributed by atoms with Crippen molar-refractivity contribution in [2.45, 2.75) is 33.6 Å². The van der Waals surface area contributed by atoms with E-state index in [0.717, 1.165) is 17.5 Å². The molecule has 5 nitrogen and oxygen atoms in total. The van der Waals surface area contributed by atoms with Crippen LogP contribution >= 0.6 is 0 Å². The van der Waals surface area contributed by atoms with Gasteiger partial charge in [0.2, 0.25) is 5.91 Å². The van der Waals surface area contributed by atoms with Gasteiger partial charge < -0.3 is 9.47 Å². The van der Waals surface area contributed by atoms with Gasteiger partial charge in [0.05, 0.1) is 13.2 Å². The van der Waals surface area contributed by atoms with Crippen molar-refractivity contribution < 1.29 is 14.3 Å². The molecule has 1 amide bonds. The van der Waals surface area contributed by atoms with Crippen LogP contribution in [0.4, 0.5) is 0 Å². The van der Waals surface area contributed by atoms with Crippen LogP contribution in [0.15, 0.2) is 12.1 Å². The zero-order valence-electron chi connectivity index (χ0n) is 12.9. The lowest BCUT2D eigenvalue weighted by atomic mass is 9.97. The Labute approximate surface area is 125 Å². The first-order valence-corrected chi connectivity index (χ1v) is 7.44. The van der Waals surface area contributed by atoms with E-state index < -0.39 is 0 Å². The fourth-order valence-electron chi connectivity index (χ4n) is 2.50. The minimum absolute atomic E-state index is 0.0162. The van der Waals surface area contributed by atoms with Crippen LogP contribution < -0.4 is 9.47 Å². The quantitative estimate of drug-likeness (QED) is 0.906. The maximum atomic E-state index is 11.9. The summed E-state index contributed by atoms with van der Waals surface area (Å²) < 4.78 is 11.2. The first kappa shape index (κ1) is 15.4. The lowest BCUT2D eigenvalue weighted by Gasteiger charge is -2.30. The van der Waals surface area contributed by atoms with E-state index in [2.05, 4.69) is 0 Å². The van der Waals surface area contributed by atoms with Gasteiger partial charge in [-0.2, -0.15) is 0 Å². The van der Waals surface area contributed by atoms with Gasteiger partial charge in [-0.3, -0.25) is 15.1 Å². The third-order valence-electron chi connectivity index (χ3n) is 3.50. The molecule has 1 heterocycles. The molecule has 0 radical (unpaired) electrons. The minimum atomic E-state index is -0.0162. The van der Waals surface area contributed by atoms with E-state index >= 15 is 0 Å². The fourth-order valence-corrected chi connectivity index (χ4v) is 2.50. The first-order valence-electron chi connectivity index (χ1n) is 7.44. The highest BCUT2D eigenvalue weighted by Gasteiger charge is 2.27. The third kappa shape index (κ3) is 3.01. The average molecular weight is 290 g/mol. The van der Waals surface area contributed by atoms with Crippen LogP contribution in [-0.4, -0.2) is 36.4 Å². The molecular weight excluding hydrogens is 268 g/mol. The van der Waals surface area contributed by atoms with E-state index in [1.807, 2.05) is 32.9 Å². The van der Waals surface area contributed by atoms with E-state index in [-0.39, 0.29) is 11.7 Å². The molecule has 1 N–H and O–H groups in total. The topological polar surface area (TPSA) is 62.6 Å². The molecule has 0 saturated carbocycles. The number of hydrogen-bond donors (Lipinski definition) is 1. The summed E-state index contributed by atoms with van der Waals surface area (Å²) in [6.45, 7) is 7.31. The molecule has 0 unspecified atom stereocenters. The molecule has 1 aliphatic rings. The molecule has 0 atom stereocenters. The summed E-state index contributed by atoms with van der Waals surface area (Å²) in [4.78, 5) is 13.4. The highest BCUT2D eigenvalue weighted by atomic mass is 16.5. The van der Waals surface area contributed by atoms with E-state index in [9.17, 15) is 4.79 Å². The summed E-state index contributed by atoms with van der Waals surface area (Å²) >= 11 is 0.